The summed E-state index contributed by atoms with van der Waals surface area (Å²) in [5, 5.41) is 3.26. The summed E-state index contributed by atoms with van der Waals surface area (Å²) in [6.45, 7) is 7.41. The van der Waals surface area contributed by atoms with E-state index in [2.05, 4.69) is 11.4 Å². The molecule has 22 heavy (non-hydrogen) atoms. The van der Waals surface area contributed by atoms with Crippen molar-refractivity contribution in [2.45, 2.75) is 39.5 Å². The first-order chi connectivity index (χ1) is 10.3. The maximum absolute atomic E-state index is 11.2. The fourth-order valence-electron chi connectivity index (χ4n) is 2.04. The molecule has 0 amide bonds. The molecule has 0 bridgehead atoms. The van der Waals surface area contributed by atoms with Crippen LogP contribution in [0.4, 0.5) is 5.69 Å². The van der Waals surface area contributed by atoms with Gasteiger partial charge in [0.2, 0.25) is 5.76 Å². The first kappa shape index (κ1) is 16.1. The number of rotatable bonds is 1. The molecule has 1 aliphatic heterocycles. The van der Waals surface area contributed by atoms with E-state index in [1.807, 2.05) is 32.9 Å². The van der Waals surface area contributed by atoms with Gasteiger partial charge in [-0.2, -0.15) is 0 Å². The van der Waals surface area contributed by atoms with E-state index in [1.54, 1.807) is 12.1 Å². The Balaban J connectivity index is 0.000000162. The number of furan rings is 1. The van der Waals surface area contributed by atoms with Gasteiger partial charge >= 0.3 is 5.97 Å². The molecule has 1 aromatic heterocycles. The Morgan fingerprint density at radius 1 is 1.23 bits per heavy atom. The smallest absolute Gasteiger partial charge is 0.374 e. The van der Waals surface area contributed by atoms with Gasteiger partial charge in [-0.3, -0.25) is 0 Å². The van der Waals surface area contributed by atoms with Gasteiger partial charge in [-0.25, -0.2) is 4.79 Å². The molecule has 0 spiro atoms. The molecule has 0 unspecified atom stereocenters. The molecule has 1 aromatic carbocycles. The largest absolute Gasteiger partial charge is 0.457 e. The molecular weight excluding hydrogens is 280 g/mol. The van der Waals surface area contributed by atoms with Crippen molar-refractivity contribution in [3.05, 3.63) is 53.5 Å². The Morgan fingerprint density at radius 2 is 1.95 bits per heavy atom. The van der Waals surface area contributed by atoms with Gasteiger partial charge in [0.15, 0.2) is 0 Å². The third kappa shape index (κ3) is 4.63. The van der Waals surface area contributed by atoms with E-state index in [-0.39, 0.29) is 5.76 Å². The standard InChI is InChI=1S/C9H12O3.C8H10N2/c1-9(2,3)12-8(10)7-5-4-6-11-7;9-8-2-1-6-4-10-5-7(6)3-8/h4-6H,1-3H3;1-3,10H,4-5,9H2. The van der Waals surface area contributed by atoms with Crippen molar-refractivity contribution >= 4 is 11.7 Å². The molecule has 3 rings (SSSR count). The molecule has 2 aromatic rings. The van der Waals surface area contributed by atoms with E-state index in [0.717, 1.165) is 18.8 Å². The van der Waals surface area contributed by atoms with Crippen LogP contribution in [-0.4, -0.2) is 11.6 Å². The van der Waals surface area contributed by atoms with E-state index in [0.29, 0.717) is 0 Å². The van der Waals surface area contributed by atoms with Crippen LogP contribution < -0.4 is 11.1 Å². The Labute approximate surface area is 130 Å². The zero-order chi connectivity index (χ0) is 16.2. The number of nitrogen functional groups attached to an aromatic ring is 1. The number of carbonyl (C=O) groups is 1. The molecule has 0 atom stereocenters. The van der Waals surface area contributed by atoms with Crippen LogP contribution >= 0.6 is 0 Å². The highest BCUT2D eigenvalue weighted by atomic mass is 16.6. The normalized spacial score (nSPS) is 13.0. The van der Waals surface area contributed by atoms with Crippen LogP contribution in [0.15, 0.2) is 41.0 Å². The van der Waals surface area contributed by atoms with Gasteiger partial charge in [0.05, 0.1) is 6.26 Å². The second-order valence-corrected chi connectivity index (χ2v) is 6.11. The fraction of sp³-hybridized carbons (Fsp3) is 0.353. The van der Waals surface area contributed by atoms with Crippen molar-refractivity contribution < 1.29 is 13.9 Å². The summed E-state index contributed by atoms with van der Waals surface area (Å²) in [6.07, 6.45) is 1.44. The van der Waals surface area contributed by atoms with Crippen LogP contribution in [-0.2, 0) is 17.8 Å². The summed E-state index contributed by atoms with van der Waals surface area (Å²) in [5.41, 5.74) is 8.73. The van der Waals surface area contributed by atoms with Gasteiger partial charge in [0.25, 0.3) is 0 Å². The van der Waals surface area contributed by atoms with Crippen molar-refractivity contribution in [2.75, 3.05) is 5.73 Å². The van der Waals surface area contributed by atoms with Crippen molar-refractivity contribution in [3.63, 3.8) is 0 Å². The maximum Gasteiger partial charge on any atom is 0.374 e. The summed E-state index contributed by atoms with van der Waals surface area (Å²) >= 11 is 0. The number of ether oxygens (including phenoxy) is 1. The molecule has 1 aliphatic rings. The molecule has 0 aliphatic carbocycles. The summed E-state index contributed by atoms with van der Waals surface area (Å²) in [5.74, 6) is -0.183. The minimum absolute atomic E-state index is 0.241. The number of carbonyl (C=O) groups excluding carboxylic acids is 1. The summed E-state index contributed by atoms with van der Waals surface area (Å²) < 4.78 is 9.92. The zero-order valence-corrected chi connectivity index (χ0v) is 13.2. The van der Waals surface area contributed by atoms with Gasteiger partial charge < -0.3 is 20.2 Å². The lowest BCUT2D eigenvalue weighted by molar-refractivity contribution is 0.00360. The molecule has 0 saturated heterocycles. The molecule has 0 radical (unpaired) electrons. The maximum atomic E-state index is 11.2. The number of anilines is 1. The summed E-state index contributed by atoms with van der Waals surface area (Å²) in [7, 11) is 0. The highest BCUT2D eigenvalue weighted by Crippen LogP contribution is 2.17. The average Bonchev–Trinajstić information content (AvgIpc) is 3.08. The first-order valence-electron chi connectivity index (χ1n) is 7.20. The Bertz CT molecular complexity index is 628. The molecule has 5 heteroatoms. The minimum Gasteiger partial charge on any atom is -0.457 e. The fourth-order valence-corrected chi connectivity index (χ4v) is 2.04. The topological polar surface area (TPSA) is 77.5 Å². The number of nitrogens with one attached hydrogen (secondary N) is 1. The van der Waals surface area contributed by atoms with E-state index < -0.39 is 11.6 Å². The molecule has 2 heterocycles. The highest BCUT2D eigenvalue weighted by molar-refractivity contribution is 5.86. The number of benzene rings is 1. The van der Waals surface area contributed by atoms with Crippen LogP contribution in [0.2, 0.25) is 0 Å². The van der Waals surface area contributed by atoms with E-state index in [4.69, 9.17) is 14.9 Å². The number of hydrogen-bond acceptors (Lipinski definition) is 5. The Morgan fingerprint density at radius 3 is 2.59 bits per heavy atom. The zero-order valence-electron chi connectivity index (χ0n) is 13.2. The predicted molar refractivity (Wildman–Crippen MR) is 85.3 cm³/mol. The van der Waals surface area contributed by atoms with Crippen LogP contribution in [0, 0.1) is 0 Å². The molecule has 0 fully saturated rings. The Hall–Kier alpha value is -2.27. The van der Waals surface area contributed by atoms with Gasteiger partial charge in [0.1, 0.15) is 5.60 Å². The van der Waals surface area contributed by atoms with Crippen molar-refractivity contribution in [1.82, 2.24) is 5.32 Å². The minimum atomic E-state index is -0.468. The van der Waals surface area contributed by atoms with Crippen LogP contribution in [0.5, 0.6) is 0 Å². The van der Waals surface area contributed by atoms with E-state index >= 15 is 0 Å². The van der Waals surface area contributed by atoms with Crippen LogP contribution in [0.3, 0.4) is 0 Å². The third-order valence-electron chi connectivity index (χ3n) is 2.98. The quantitative estimate of drug-likeness (QED) is 0.625. The second-order valence-electron chi connectivity index (χ2n) is 6.11. The summed E-state index contributed by atoms with van der Waals surface area (Å²) in [6, 6.07) is 9.30. The van der Waals surface area contributed by atoms with Crippen LogP contribution in [0.25, 0.3) is 0 Å². The van der Waals surface area contributed by atoms with Gasteiger partial charge in [0, 0.05) is 18.8 Å². The number of fused-ring (bicyclic) bond motifs is 1. The van der Waals surface area contributed by atoms with Gasteiger partial charge in [-0.05, 0) is 56.2 Å². The second kappa shape index (κ2) is 6.66. The van der Waals surface area contributed by atoms with Crippen molar-refractivity contribution in [2.24, 2.45) is 0 Å². The van der Waals surface area contributed by atoms with Crippen molar-refractivity contribution in [3.8, 4) is 0 Å². The first-order valence-corrected chi connectivity index (χ1v) is 7.20. The van der Waals surface area contributed by atoms with Crippen LogP contribution in [0.1, 0.15) is 42.5 Å². The van der Waals surface area contributed by atoms with Gasteiger partial charge in [-0.1, -0.05) is 6.07 Å². The molecule has 3 N–H and O–H groups in total. The molecule has 0 saturated carbocycles. The predicted octanol–water partition coefficient (Wildman–Crippen LogP) is 3.11. The highest BCUT2D eigenvalue weighted by Gasteiger charge is 2.19. The SMILES string of the molecule is CC(C)(C)OC(=O)c1ccco1.Nc1ccc2c(c1)CNC2. The Kier molecular flexibility index (Phi) is 4.88. The van der Waals surface area contributed by atoms with E-state index in [1.165, 1.54) is 17.4 Å². The lowest BCUT2D eigenvalue weighted by atomic mass is 10.1. The molecule has 118 valence electrons. The summed E-state index contributed by atoms with van der Waals surface area (Å²) in [4.78, 5) is 11.2. The monoisotopic (exact) mass is 302 g/mol. The van der Waals surface area contributed by atoms with Gasteiger partial charge in [-0.15, -0.1) is 0 Å². The van der Waals surface area contributed by atoms with Crippen molar-refractivity contribution in [1.29, 1.82) is 0 Å². The number of hydrogen-bond donors (Lipinski definition) is 2. The number of nitrogens with two attached hydrogens (primary N) is 1. The third-order valence-corrected chi connectivity index (χ3v) is 2.98. The average molecular weight is 302 g/mol. The number of esters is 1. The molecule has 5 nitrogen and oxygen atoms in total. The van der Waals surface area contributed by atoms with E-state index in [9.17, 15) is 4.79 Å². The lowest BCUT2D eigenvalue weighted by Crippen LogP contribution is -2.23. The lowest BCUT2D eigenvalue weighted by Gasteiger charge is -2.18. The molecular formula is C17H22N2O3.